The Balaban J connectivity index is 1.22. The monoisotopic (exact) mass is 512 g/mol. The van der Waals surface area contributed by atoms with Crippen molar-refractivity contribution in [3.8, 4) is 11.1 Å². The lowest BCUT2D eigenvalue weighted by atomic mass is 9.98. The van der Waals surface area contributed by atoms with Gasteiger partial charge in [-0.05, 0) is 58.7 Å². The standard InChI is InChI=1S/C28H20N2O6S/c31-27(32)17-9-14-26(25(15-17)30(34)35)37-19-12-10-18(11-13-19)29-28(33)36-16-24-22-7-3-1-5-20(22)21-6-2-4-8-23(21)24/h1-15,24H,16H2,(H,29,33)(H,31,32). The number of nitro groups is 1. The Hall–Kier alpha value is -4.63. The van der Waals surface area contributed by atoms with Gasteiger partial charge in [0.2, 0.25) is 0 Å². The lowest BCUT2D eigenvalue weighted by molar-refractivity contribution is -0.387. The second-order valence-electron chi connectivity index (χ2n) is 8.32. The summed E-state index contributed by atoms with van der Waals surface area (Å²) in [6.07, 6.45) is -0.581. The zero-order chi connectivity index (χ0) is 25.9. The number of ether oxygens (including phenoxy) is 1. The van der Waals surface area contributed by atoms with Gasteiger partial charge in [0.15, 0.2) is 0 Å². The minimum atomic E-state index is -1.23. The molecule has 1 amide bonds. The number of amides is 1. The third-order valence-corrected chi connectivity index (χ3v) is 7.15. The molecule has 5 rings (SSSR count). The number of nitrogens with one attached hydrogen (secondary N) is 1. The van der Waals surface area contributed by atoms with E-state index in [1.54, 1.807) is 24.3 Å². The summed E-state index contributed by atoms with van der Waals surface area (Å²) < 4.78 is 5.56. The van der Waals surface area contributed by atoms with Crippen molar-refractivity contribution in [3.63, 3.8) is 0 Å². The van der Waals surface area contributed by atoms with Crippen molar-refractivity contribution in [1.82, 2.24) is 0 Å². The Morgan fingerprint density at radius 1 is 0.919 bits per heavy atom. The van der Waals surface area contributed by atoms with Crippen LogP contribution in [0.15, 0.2) is 101 Å². The number of carbonyl (C=O) groups is 2. The van der Waals surface area contributed by atoms with Crippen LogP contribution in [0, 0.1) is 10.1 Å². The first-order chi connectivity index (χ1) is 17.9. The van der Waals surface area contributed by atoms with Crippen LogP contribution in [0.3, 0.4) is 0 Å². The molecule has 0 spiro atoms. The van der Waals surface area contributed by atoms with E-state index in [-0.39, 0.29) is 23.8 Å². The van der Waals surface area contributed by atoms with Crippen LogP contribution >= 0.6 is 11.8 Å². The van der Waals surface area contributed by atoms with Gasteiger partial charge in [-0.3, -0.25) is 15.4 Å². The molecule has 0 unspecified atom stereocenters. The molecule has 8 nitrogen and oxygen atoms in total. The van der Waals surface area contributed by atoms with E-state index >= 15 is 0 Å². The summed E-state index contributed by atoms with van der Waals surface area (Å²) >= 11 is 1.13. The van der Waals surface area contributed by atoms with Crippen molar-refractivity contribution in [1.29, 1.82) is 0 Å². The number of benzene rings is 4. The zero-order valence-electron chi connectivity index (χ0n) is 19.3. The lowest BCUT2D eigenvalue weighted by Crippen LogP contribution is -2.17. The Bertz CT molecular complexity index is 1470. The number of nitrogens with zero attached hydrogens (tertiary/aromatic N) is 1. The number of aromatic carboxylic acids is 1. The predicted octanol–water partition coefficient (Wildman–Crippen LogP) is 6.81. The molecule has 2 N–H and O–H groups in total. The topological polar surface area (TPSA) is 119 Å². The Kier molecular flexibility index (Phi) is 6.61. The van der Waals surface area contributed by atoms with E-state index < -0.39 is 17.0 Å². The van der Waals surface area contributed by atoms with Crippen molar-refractivity contribution < 1.29 is 24.4 Å². The number of nitro benzene ring substituents is 1. The van der Waals surface area contributed by atoms with E-state index in [1.807, 2.05) is 24.3 Å². The van der Waals surface area contributed by atoms with Crippen LogP contribution in [-0.2, 0) is 4.74 Å². The maximum absolute atomic E-state index is 12.5. The van der Waals surface area contributed by atoms with Gasteiger partial charge < -0.3 is 9.84 Å². The maximum atomic E-state index is 12.5. The number of anilines is 1. The van der Waals surface area contributed by atoms with E-state index in [9.17, 15) is 19.7 Å². The fraction of sp³-hybridized carbons (Fsp3) is 0.0714. The molecule has 0 radical (unpaired) electrons. The van der Waals surface area contributed by atoms with E-state index in [1.165, 1.54) is 12.1 Å². The Labute approximate surface area is 216 Å². The van der Waals surface area contributed by atoms with Crippen molar-refractivity contribution in [2.45, 2.75) is 15.7 Å². The number of rotatable bonds is 7. The SMILES string of the molecule is O=C(Nc1ccc(Sc2ccc(C(=O)O)cc2[N+](=O)[O-])cc1)OCC1c2ccccc2-c2ccccc21. The molecule has 37 heavy (non-hydrogen) atoms. The maximum Gasteiger partial charge on any atom is 0.411 e. The average Bonchev–Trinajstić information content (AvgIpc) is 3.22. The van der Waals surface area contributed by atoms with E-state index in [2.05, 4.69) is 29.6 Å². The van der Waals surface area contributed by atoms with E-state index in [0.29, 0.717) is 15.5 Å². The molecule has 0 heterocycles. The Morgan fingerprint density at radius 3 is 2.14 bits per heavy atom. The van der Waals surface area contributed by atoms with Crippen LogP contribution in [-0.4, -0.2) is 28.7 Å². The highest BCUT2D eigenvalue weighted by Gasteiger charge is 2.29. The molecule has 4 aromatic rings. The third kappa shape index (κ3) is 5.03. The van der Waals surface area contributed by atoms with Crippen LogP contribution < -0.4 is 5.32 Å². The third-order valence-electron chi connectivity index (χ3n) is 6.07. The molecule has 0 bridgehead atoms. The molecular weight excluding hydrogens is 492 g/mol. The van der Waals surface area contributed by atoms with Crippen LogP contribution in [0.5, 0.6) is 0 Å². The molecule has 1 aliphatic rings. The van der Waals surface area contributed by atoms with Gasteiger partial charge in [0.1, 0.15) is 6.61 Å². The molecule has 0 aromatic heterocycles. The quantitative estimate of drug-likeness (QED) is 0.206. The van der Waals surface area contributed by atoms with E-state index in [0.717, 1.165) is 40.1 Å². The number of carboxylic acids is 1. The minimum absolute atomic E-state index is 0.0415. The molecule has 0 aliphatic heterocycles. The van der Waals surface area contributed by atoms with Crippen LogP contribution in [0.4, 0.5) is 16.2 Å². The average molecular weight is 513 g/mol. The normalized spacial score (nSPS) is 11.9. The predicted molar refractivity (Wildman–Crippen MR) is 139 cm³/mol. The number of carbonyl (C=O) groups excluding carboxylic acids is 1. The summed E-state index contributed by atoms with van der Waals surface area (Å²) in [5.41, 5.74) is 4.63. The fourth-order valence-electron chi connectivity index (χ4n) is 4.37. The van der Waals surface area contributed by atoms with Gasteiger partial charge in [0.05, 0.1) is 15.4 Å². The minimum Gasteiger partial charge on any atom is -0.478 e. The number of carboxylic acid groups (broad SMARTS) is 1. The molecule has 9 heteroatoms. The van der Waals surface area contributed by atoms with Gasteiger partial charge >= 0.3 is 12.1 Å². The summed E-state index contributed by atoms with van der Waals surface area (Å²) in [6.45, 7) is 0.198. The highest BCUT2D eigenvalue weighted by molar-refractivity contribution is 7.99. The second kappa shape index (κ2) is 10.2. The van der Waals surface area contributed by atoms with Gasteiger partial charge in [-0.15, -0.1) is 0 Å². The molecule has 0 saturated carbocycles. The molecular formula is C28H20N2O6S. The number of hydrogen-bond acceptors (Lipinski definition) is 6. The van der Waals surface area contributed by atoms with Crippen LogP contribution in [0.2, 0.25) is 0 Å². The van der Waals surface area contributed by atoms with Gasteiger partial charge in [-0.25, -0.2) is 9.59 Å². The first kappa shape index (κ1) is 24.1. The highest BCUT2D eigenvalue weighted by atomic mass is 32.2. The van der Waals surface area contributed by atoms with Gasteiger partial charge in [-0.2, -0.15) is 0 Å². The first-order valence-corrected chi connectivity index (χ1v) is 12.1. The molecule has 0 atom stereocenters. The molecule has 0 fully saturated rings. The van der Waals surface area contributed by atoms with Crippen molar-refractivity contribution in [2.75, 3.05) is 11.9 Å². The van der Waals surface area contributed by atoms with Gasteiger partial charge in [-0.1, -0.05) is 60.3 Å². The van der Waals surface area contributed by atoms with Crippen LogP contribution in [0.25, 0.3) is 11.1 Å². The second-order valence-corrected chi connectivity index (χ2v) is 9.44. The van der Waals surface area contributed by atoms with Gasteiger partial charge in [0, 0.05) is 22.6 Å². The summed E-state index contributed by atoms with van der Waals surface area (Å²) in [4.78, 5) is 35.4. The smallest absolute Gasteiger partial charge is 0.411 e. The lowest BCUT2D eigenvalue weighted by Gasteiger charge is -2.14. The zero-order valence-corrected chi connectivity index (χ0v) is 20.1. The molecule has 0 saturated heterocycles. The molecule has 4 aromatic carbocycles. The summed E-state index contributed by atoms with van der Waals surface area (Å²) in [5, 5.41) is 23.2. The summed E-state index contributed by atoms with van der Waals surface area (Å²) in [5.74, 6) is -1.27. The molecule has 184 valence electrons. The fourth-order valence-corrected chi connectivity index (χ4v) is 5.27. The molecule has 1 aliphatic carbocycles. The van der Waals surface area contributed by atoms with Gasteiger partial charge in [0.25, 0.3) is 5.69 Å². The van der Waals surface area contributed by atoms with Crippen molar-refractivity contribution in [3.05, 3.63) is 118 Å². The van der Waals surface area contributed by atoms with Crippen molar-refractivity contribution >= 4 is 35.2 Å². The van der Waals surface area contributed by atoms with Crippen molar-refractivity contribution in [2.24, 2.45) is 0 Å². The number of fused-ring (bicyclic) bond motifs is 3. The highest BCUT2D eigenvalue weighted by Crippen LogP contribution is 2.44. The summed E-state index contributed by atoms with van der Waals surface area (Å²) in [7, 11) is 0. The number of hydrogen-bond donors (Lipinski definition) is 2. The summed E-state index contributed by atoms with van der Waals surface area (Å²) in [6, 6.07) is 26.7. The largest absolute Gasteiger partial charge is 0.478 e. The van der Waals surface area contributed by atoms with E-state index in [4.69, 9.17) is 9.84 Å². The van der Waals surface area contributed by atoms with Crippen LogP contribution in [0.1, 0.15) is 27.4 Å². The Morgan fingerprint density at radius 2 is 1.54 bits per heavy atom. The first-order valence-electron chi connectivity index (χ1n) is 11.3.